The Morgan fingerprint density at radius 3 is 2.59 bits per heavy atom. The number of para-hydroxylation sites is 1. The molecule has 4 aromatic rings. The van der Waals surface area contributed by atoms with Crippen LogP contribution in [0.3, 0.4) is 0 Å². The Balaban J connectivity index is 1.50. The number of rotatable bonds is 5. The molecule has 0 unspecified atom stereocenters. The van der Waals surface area contributed by atoms with Crippen LogP contribution in [0.15, 0.2) is 65.3 Å². The van der Waals surface area contributed by atoms with E-state index in [9.17, 15) is 14.8 Å². The summed E-state index contributed by atoms with van der Waals surface area (Å²) < 4.78 is 16.7. The number of ether oxygens (including phenoxy) is 2. The van der Waals surface area contributed by atoms with Crippen LogP contribution in [0.25, 0.3) is 21.9 Å². The number of carbonyl (C=O) groups excluding carboxylic acids is 2. The first-order chi connectivity index (χ1) is 14.0. The Bertz CT molecular complexity index is 1210. The van der Waals surface area contributed by atoms with Crippen LogP contribution in [0.4, 0.5) is 5.69 Å². The first-order valence-corrected chi connectivity index (χ1v) is 8.70. The number of aromatic nitrogens is 1. The number of methoxy groups -OCH3 is 1. The number of esters is 1. The molecule has 1 amide bonds. The van der Waals surface area contributed by atoms with Crippen LogP contribution >= 0.6 is 0 Å². The molecular weight excluding hydrogens is 376 g/mol. The van der Waals surface area contributed by atoms with Gasteiger partial charge in [-0.05, 0) is 12.1 Å². The van der Waals surface area contributed by atoms with Crippen molar-refractivity contribution in [3.05, 3.63) is 71.7 Å². The molecule has 2 aromatic carbocycles. The van der Waals surface area contributed by atoms with E-state index in [2.05, 4.69) is 5.32 Å². The summed E-state index contributed by atoms with van der Waals surface area (Å²) in [6.45, 7) is -0.494. The average molecular weight is 392 g/mol. The van der Waals surface area contributed by atoms with Crippen molar-refractivity contribution in [1.82, 2.24) is 0 Å². The third-order valence-corrected chi connectivity index (χ3v) is 4.35. The number of fused-ring (bicyclic) bond motifs is 3. The largest absolute Gasteiger partial charge is 0.619 e. The fourth-order valence-corrected chi connectivity index (χ4v) is 2.97. The Kier molecular flexibility index (Phi) is 4.74. The number of hydrogen-bond acceptors (Lipinski definition) is 6. The molecule has 2 aromatic heterocycles. The lowest BCUT2D eigenvalue weighted by Crippen LogP contribution is -2.25. The van der Waals surface area contributed by atoms with Crippen LogP contribution in [0, 0.1) is 5.21 Å². The molecule has 8 heteroatoms. The highest BCUT2D eigenvalue weighted by atomic mass is 16.5. The van der Waals surface area contributed by atoms with E-state index in [-0.39, 0.29) is 5.56 Å². The summed E-state index contributed by atoms with van der Waals surface area (Å²) >= 11 is 0. The van der Waals surface area contributed by atoms with Gasteiger partial charge in [0.25, 0.3) is 5.91 Å². The Morgan fingerprint density at radius 2 is 1.83 bits per heavy atom. The Morgan fingerprint density at radius 1 is 1.07 bits per heavy atom. The zero-order chi connectivity index (χ0) is 20.4. The van der Waals surface area contributed by atoms with Gasteiger partial charge in [-0.25, -0.2) is 4.79 Å². The number of nitrogens with one attached hydrogen (secondary N) is 1. The second-order valence-corrected chi connectivity index (χ2v) is 6.22. The molecule has 2 heterocycles. The van der Waals surface area contributed by atoms with Crippen molar-refractivity contribution in [2.24, 2.45) is 0 Å². The van der Waals surface area contributed by atoms with Gasteiger partial charge >= 0.3 is 5.97 Å². The molecule has 0 saturated heterocycles. The maximum absolute atomic E-state index is 12.3. The van der Waals surface area contributed by atoms with E-state index in [0.717, 1.165) is 16.4 Å². The van der Waals surface area contributed by atoms with E-state index in [0.29, 0.717) is 21.8 Å². The molecular formula is C21H16N2O6. The molecule has 0 aliphatic carbocycles. The lowest BCUT2D eigenvalue weighted by Gasteiger charge is -2.10. The maximum Gasteiger partial charge on any atom is 0.339 e. The molecule has 1 N–H and O–H groups in total. The number of anilines is 1. The predicted molar refractivity (Wildman–Crippen MR) is 105 cm³/mol. The topological polar surface area (TPSA) is 105 Å². The second-order valence-electron chi connectivity index (χ2n) is 6.22. The fourth-order valence-electron chi connectivity index (χ4n) is 2.97. The van der Waals surface area contributed by atoms with Gasteiger partial charge in [-0.1, -0.05) is 18.2 Å². The number of carbonyl (C=O) groups is 2. The molecule has 0 radical (unpaired) electrons. The lowest BCUT2D eigenvalue weighted by molar-refractivity contribution is -0.605. The van der Waals surface area contributed by atoms with Crippen LogP contribution in [0.5, 0.6) is 5.75 Å². The van der Waals surface area contributed by atoms with Gasteiger partial charge in [0.2, 0.25) is 0 Å². The van der Waals surface area contributed by atoms with E-state index in [1.54, 1.807) is 12.1 Å². The lowest BCUT2D eigenvalue weighted by atomic mass is 10.1. The molecule has 0 atom stereocenters. The number of benzene rings is 2. The number of nitrogens with zero attached hydrogens (tertiary/aromatic N) is 1. The summed E-state index contributed by atoms with van der Waals surface area (Å²) in [5.74, 6) is -0.797. The number of furan rings is 1. The second kappa shape index (κ2) is 7.51. The summed E-state index contributed by atoms with van der Waals surface area (Å²) in [5, 5.41) is 15.5. The van der Waals surface area contributed by atoms with E-state index in [4.69, 9.17) is 13.9 Å². The van der Waals surface area contributed by atoms with Crippen molar-refractivity contribution in [2.75, 3.05) is 19.0 Å². The minimum Gasteiger partial charge on any atom is -0.619 e. The third-order valence-electron chi connectivity index (χ3n) is 4.35. The molecule has 0 fully saturated rings. The number of pyridine rings is 1. The van der Waals surface area contributed by atoms with Gasteiger partial charge in [-0.15, -0.1) is 0 Å². The van der Waals surface area contributed by atoms with Crippen molar-refractivity contribution in [2.45, 2.75) is 0 Å². The summed E-state index contributed by atoms with van der Waals surface area (Å²) in [6, 6.07) is 13.7. The summed E-state index contributed by atoms with van der Waals surface area (Å²) in [6.07, 6.45) is 2.34. The molecule has 0 aliphatic rings. The standard InChI is InChI=1S/C21H16N2O6/c1-27-19-10-15-14-4-2-3-5-17(14)29-18(15)11-16(19)22-20(24)12-28-21(25)13-6-8-23(26)9-7-13/h2-11H,12H2,1H3,(H,22,24). The van der Waals surface area contributed by atoms with Crippen LogP contribution in [0.1, 0.15) is 10.4 Å². The normalized spacial score (nSPS) is 10.8. The monoisotopic (exact) mass is 392 g/mol. The highest BCUT2D eigenvalue weighted by molar-refractivity contribution is 6.08. The van der Waals surface area contributed by atoms with Crippen molar-refractivity contribution < 1.29 is 28.2 Å². The molecule has 8 nitrogen and oxygen atoms in total. The summed E-state index contributed by atoms with van der Waals surface area (Å²) in [5.41, 5.74) is 1.89. The van der Waals surface area contributed by atoms with Gasteiger partial charge in [0, 0.05) is 29.0 Å². The zero-order valence-corrected chi connectivity index (χ0v) is 15.4. The van der Waals surface area contributed by atoms with Gasteiger partial charge in [0.05, 0.1) is 18.4 Å². The predicted octanol–water partition coefficient (Wildman–Crippen LogP) is 3.02. The summed E-state index contributed by atoms with van der Waals surface area (Å²) in [7, 11) is 1.50. The van der Waals surface area contributed by atoms with E-state index >= 15 is 0 Å². The highest BCUT2D eigenvalue weighted by Gasteiger charge is 2.16. The van der Waals surface area contributed by atoms with Crippen molar-refractivity contribution >= 4 is 39.5 Å². The van der Waals surface area contributed by atoms with E-state index in [1.807, 2.05) is 24.3 Å². The van der Waals surface area contributed by atoms with Crippen LogP contribution in [-0.2, 0) is 9.53 Å². The van der Waals surface area contributed by atoms with Crippen LogP contribution in [-0.4, -0.2) is 25.6 Å². The molecule has 146 valence electrons. The fraction of sp³-hybridized carbons (Fsp3) is 0.0952. The Labute approximate surface area is 164 Å². The van der Waals surface area contributed by atoms with Gasteiger partial charge in [-0.3, -0.25) is 4.79 Å². The smallest absolute Gasteiger partial charge is 0.339 e. The van der Waals surface area contributed by atoms with Gasteiger partial charge in [0.15, 0.2) is 19.0 Å². The molecule has 0 saturated carbocycles. The average Bonchev–Trinajstić information content (AvgIpc) is 3.09. The van der Waals surface area contributed by atoms with Gasteiger partial charge < -0.3 is 24.4 Å². The third kappa shape index (κ3) is 3.68. The van der Waals surface area contributed by atoms with Gasteiger partial charge in [0.1, 0.15) is 16.9 Å². The molecule has 0 bridgehead atoms. The van der Waals surface area contributed by atoms with Gasteiger partial charge in [-0.2, -0.15) is 4.73 Å². The SMILES string of the molecule is COc1cc2c(cc1NC(=O)COC(=O)c1cc[n+]([O-])cc1)oc1ccccc12. The molecule has 4 rings (SSSR count). The maximum atomic E-state index is 12.3. The minimum atomic E-state index is -0.708. The van der Waals surface area contributed by atoms with E-state index in [1.165, 1.54) is 31.6 Å². The van der Waals surface area contributed by atoms with Crippen molar-refractivity contribution in [3.63, 3.8) is 0 Å². The first-order valence-electron chi connectivity index (χ1n) is 8.70. The number of hydrogen-bond donors (Lipinski definition) is 1. The zero-order valence-electron chi connectivity index (χ0n) is 15.4. The first kappa shape index (κ1) is 18.3. The van der Waals surface area contributed by atoms with Crippen molar-refractivity contribution in [3.8, 4) is 5.75 Å². The van der Waals surface area contributed by atoms with E-state index < -0.39 is 18.5 Å². The number of amides is 1. The highest BCUT2D eigenvalue weighted by Crippen LogP contribution is 2.36. The quantitative estimate of drug-likeness (QED) is 0.318. The van der Waals surface area contributed by atoms with Crippen molar-refractivity contribution in [1.29, 1.82) is 0 Å². The minimum absolute atomic E-state index is 0.172. The van der Waals surface area contributed by atoms with Crippen LogP contribution < -0.4 is 14.8 Å². The molecule has 29 heavy (non-hydrogen) atoms. The summed E-state index contributed by atoms with van der Waals surface area (Å²) in [4.78, 5) is 24.2. The molecule has 0 aliphatic heterocycles. The molecule has 0 spiro atoms. The Hall–Kier alpha value is -4.07. The van der Waals surface area contributed by atoms with Crippen LogP contribution in [0.2, 0.25) is 0 Å².